The highest BCUT2D eigenvalue weighted by molar-refractivity contribution is 6.15. The lowest BCUT2D eigenvalue weighted by atomic mass is 9.83. The van der Waals surface area contributed by atoms with Crippen molar-refractivity contribution in [1.82, 2.24) is 13.7 Å². The molecule has 0 bridgehead atoms. The van der Waals surface area contributed by atoms with Crippen LogP contribution in [0, 0.1) is 50.4 Å². The molecule has 0 fully saturated rings. The predicted molar refractivity (Wildman–Crippen MR) is 287 cm³/mol. The number of rotatable bonds is 5. The number of hydrogen-bond acceptors (Lipinski definition) is 2. The lowest BCUT2D eigenvalue weighted by Crippen LogP contribution is -2.12. The lowest BCUT2D eigenvalue weighted by Gasteiger charge is -2.26. The van der Waals surface area contributed by atoms with E-state index in [-0.39, 0.29) is 5.41 Å². The molecule has 0 spiro atoms. The molecule has 5 nitrogen and oxygen atoms in total. The maximum absolute atomic E-state index is 12.1. The van der Waals surface area contributed by atoms with Crippen molar-refractivity contribution in [3.63, 3.8) is 0 Å². The zero-order valence-corrected chi connectivity index (χ0v) is 39.9. The van der Waals surface area contributed by atoms with Crippen molar-refractivity contribution in [2.45, 2.75) is 53.9 Å². The normalized spacial score (nSPS) is 12.0. The second-order valence-corrected chi connectivity index (χ2v) is 19.9. The van der Waals surface area contributed by atoms with Gasteiger partial charge in [0.1, 0.15) is 12.1 Å². The van der Waals surface area contributed by atoms with Crippen LogP contribution < -0.4 is 0 Å². The zero-order valence-electron chi connectivity index (χ0n) is 39.9. The number of benzene rings is 9. The van der Waals surface area contributed by atoms with Crippen molar-refractivity contribution in [1.29, 1.82) is 10.5 Å². The minimum atomic E-state index is -0.102. The summed E-state index contributed by atoms with van der Waals surface area (Å²) in [5, 5.41) is 30.7. The summed E-state index contributed by atoms with van der Waals surface area (Å²) in [7, 11) is 0. The molecular weight excluding hydrogens is 839 g/mol. The Labute approximate surface area is 401 Å². The number of para-hydroxylation sites is 2. The van der Waals surface area contributed by atoms with Crippen molar-refractivity contribution < 1.29 is 0 Å². The van der Waals surface area contributed by atoms with Crippen LogP contribution in [0.15, 0.2) is 170 Å². The van der Waals surface area contributed by atoms with Crippen molar-refractivity contribution in [2.75, 3.05) is 0 Å². The number of nitriles is 2. The van der Waals surface area contributed by atoms with Gasteiger partial charge >= 0.3 is 0 Å². The van der Waals surface area contributed by atoms with E-state index in [1.54, 1.807) is 0 Å². The Morgan fingerprint density at radius 1 is 0.362 bits per heavy atom. The minimum Gasteiger partial charge on any atom is -0.309 e. The van der Waals surface area contributed by atoms with Gasteiger partial charge < -0.3 is 13.7 Å². The minimum absolute atomic E-state index is 0.102. The molecule has 69 heavy (non-hydrogen) atoms. The van der Waals surface area contributed by atoms with Crippen LogP contribution >= 0.6 is 0 Å². The van der Waals surface area contributed by atoms with E-state index in [0.29, 0.717) is 16.7 Å². The fourth-order valence-corrected chi connectivity index (χ4v) is 11.1. The standard InChI is InChI=1S/C64H49N5/c1-38-17-26-56-47(31-38)48-32-39(2)18-27-57(48)68(56)62-52(36-65)60(42-21-24-44(25-22-42)64(5,6)7)53(37-66)63(69-58-28-19-40(3)33-49(58)50-34-41(4)20-29-59(50)69)61(62)43-23-30-55-51(35-43)46-15-11-12-16-54(46)67(55)45-13-9-8-10-14-45/h8-35H,1-7H3. The van der Waals surface area contributed by atoms with Crippen molar-refractivity contribution >= 4 is 65.4 Å². The first kappa shape index (κ1) is 41.8. The first-order valence-electron chi connectivity index (χ1n) is 23.7. The van der Waals surface area contributed by atoms with E-state index in [1.807, 2.05) is 0 Å². The van der Waals surface area contributed by atoms with E-state index in [2.05, 4.69) is 244 Å². The topological polar surface area (TPSA) is 62.4 Å². The van der Waals surface area contributed by atoms with Gasteiger partial charge in [0.05, 0.1) is 55.6 Å². The molecule has 0 atom stereocenters. The number of fused-ring (bicyclic) bond motifs is 9. The van der Waals surface area contributed by atoms with E-state index in [4.69, 9.17) is 0 Å². The molecule has 0 aliphatic rings. The largest absolute Gasteiger partial charge is 0.309 e. The van der Waals surface area contributed by atoms with E-state index in [0.717, 1.165) is 121 Å². The van der Waals surface area contributed by atoms with Crippen LogP contribution in [-0.4, -0.2) is 13.7 Å². The third-order valence-corrected chi connectivity index (χ3v) is 14.3. The van der Waals surface area contributed by atoms with E-state index in [9.17, 15) is 10.5 Å². The Hall–Kier alpha value is -8.64. The quantitative estimate of drug-likeness (QED) is 0.173. The maximum atomic E-state index is 12.1. The molecule has 0 radical (unpaired) electrons. The third-order valence-electron chi connectivity index (χ3n) is 14.3. The van der Waals surface area contributed by atoms with Gasteiger partial charge in [-0.2, -0.15) is 10.5 Å². The Morgan fingerprint density at radius 3 is 1.22 bits per heavy atom. The van der Waals surface area contributed by atoms with Gasteiger partial charge in [-0.15, -0.1) is 0 Å². The van der Waals surface area contributed by atoms with Crippen LogP contribution in [0.25, 0.3) is 105 Å². The van der Waals surface area contributed by atoms with Crippen molar-refractivity contribution in [2.24, 2.45) is 0 Å². The van der Waals surface area contributed by atoms with Gasteiger partial charge in [0.25, 0.3) is 0 Å². The monoisotopic (exact) mass is 887 g/mol. The van der Waals surface area contributed by atoms with E-state index < -0.39 is 0 Å². The summed E-state index contributed by atoms with van der Waals surface area (Å²) in [6.45, 7) is 15.2. The Bertz CT molecular complexity index is 3930. The number of aromatic nitrogens is 3. The number of nitrogens with zero attached hydrogens (tertiary/aromatic N) is 5. The summed E-state index contributed by atoms with van der Waals surface area (Å²) in [5.41, 5.74) is 18.3. The molecule has 0 aliphatic heterocycles. The van der Waals surface area contributed by atoms with Gasteiger partial charge in [0.15, 0.2) is 0 Å². The first-order chi connectivity index (χ1) is 33.4. The summed E-state index contributed by atoms with van der Waals surface area (Å²) in [6.07, 6.45) is 0. The molecule has 0 N–H and O–H groups in total. The SMILES string of the molecule is Cc1ccc2c(c1)c1cc(C)ccc1n2-c1c(C#N)c(-c2ccc(C(C)(C)C)cc2)c(C#N)c(-n2c3ccc(C)cc3c3cc(C)ccc32)c1-c1ccc2c(c1)c1ccccc1n2-c1ccccc1. The number of hydrogen-bond donors (Lipinski definition) is 0. The van der Waals surface area contributed by atoms with Gasteiger partial charge in [-0.1, -0.05) is 134 Å². The smallest absolute Gasteiger partial charge is 0.102 e. The summed E-state index contributed by atoms with van der Waals surface area (Å²) in [6, 6.07) is 66.4. The van der Waals surface area contributed by atoms with Gasteiger partial charge in [0.2, 0.25) is 0 Å². The van der Waals surface area contributed by atoms with Crippen LogP contribution in [0.2, 0.25) is 0 Å². The second kappa shape index (κ2) is 15.5. The highest BCUT2D eigenvalue weighted by atomic mass is 15.0. The molecule has 0 aliphatic carbocycles. The Balaban J connectivity index is 1.35. The average Bonchev–Trinajstić information content (AvgIpc) is 3.97. The Kier molecular flexibility index (Phi) is 9.36. The van der Waals surface area contributed by atoms with E-state index in [1.165, 1.54) is 5.56 Å². The average molecular weight is 888 g/mol. The molecule has 12 aromatic rings. The maximum Gasteiger partial charge on any atom is 0.102 e. The zero-order chi connectivity index (χ0) is 47.5. The van der Waals surface area contributed by atoms with Gasteiger partial charge in [-0.05, 0) is 129 Å². The molecule has 9 aromatic carbocycles. The molecule has 5 heteroatoms. The number of aryl methyl sites for hydroxylation is 4. The highest BCUT2D eigenvalue weighted by Crippen LogP contribution is 2.50. The van der Waals surface area contributed by atoms with E-state index >= 15 is 0 Å². The van der Waals surface area contributed by atoms with Crippen LogP contribution in [0.4, 0.5) is 0 Å². The molecule has 330 valence electrons. The van der Waals surface area contributed by atoms with Crippen LogP contribution in [0.1, 0.15) is 59.7 Å². The molecule has 3 heterocycles. The Morgan fingerprint density at radius 2 is 0.754 bits per heavy atom. The van der Waals surface area contributed by atoms with Gasteiger partial charge in [-0.25, -0.2) is 0 Å². The molecule has 0 amide bonds. The summed E-state index contributed by atoms with van der Waals surface area (Å²) >= 11 is 0. The molecule has 0 saturated carbocycles. The molecule has 3 aromatic heterocycles. The third kappa shape index (κ3) is 6.35. The molecule has 0 unspecified atom stereocenters. The van der Waals surface area contributed by atoms with Crippen LogP contribution in [-0.2, 0) is 5.41 Å². The van der Waals surface area contributed by atoms with Gasteiger partial charge in [-0.3, -0.25) is 0 Å². The van der Waals surface area contributed by atoms with Crippen LogP contribution in [0.5, 0.6) is 0 Å². The lowest BCUT2D eigenvalue weighted by molar-refractivity contribution is 0.590. The first-order valence-corrected chi connectivity index (χ1v) is 23.7. The summed E-state index contributed by atoms with van der Waals surface area (Å²) in [4.78, 5) is 0. The molecular formula is C64H49N5. The highest BCUT2D eigenvalue weighted by Gasteiger charge is 2.32. The second-order valence-electron chi connectivity index (χ2n) is 19.9. The fraction of sp³-hybridized carbons (Fsp3) is 0.125. The van der Waals surface area contributed by atoms with Crippen molar-refractivity contribution in [3.8, 4) is 51.5 Å². The summed E-state index contributed by atoms with van der Waals surface area (Å²) < 4.78 is 6.96. The van der Waals surface area contributed by atoms with Crippen LogP contribution in [0.3, 0.4) is 0 Å². The molecule has 12 rings (SSSR count). The van der Waals surface area contributed by atoms with Gasteiger partial charge in [0, 0.05) is 49.1 Å². The fourth-order valence-electron chi connectivity index (χ4n) is 11.1. The predicted octanol–water partition coefficient (Wildman–Crippen LogP) is 16.6. The van der Waals surface area contributed by atoms with Crippen molar-refractivity contribution in [3.05, 3.63) is 209 Å². The molecule has 0 saturated heterocycles. The summed E-state index contributed by atoms with van der Waals surface area (Å²) in [5.74, 6) is 0.